The van der Waals surface area contributed by atoms with Crippen LogP contribution in [0.5, 0.6) is 0 Å². The van der Waals surface area contributed by atoms with Gasteiger partial charge in [0.15, 0.2) is 0 Å². The average Bonchev–Trinajstić information content (AvgIpc) is 2.42. The van der Waals surface area contributed by atoms with Crippen LogP contribution in [0.4, 0.5) is 5.69 Å². The molecule has 0 heterocycles. The van der Waals surface area contributed by atoms with E-state index in [0.717, 1.165) is 11.6 Å². The van der Waals surface area contributed by atoms with Crippen LogP contribution < -0.4 is 5.32 Å². The van der Waals surface area contributed by atoms with Crippen molar-refractivity contribution in [1.29, 1.82) is 0 Å². The molecular weight excluding hydrogens is 272 g/mol. The van der Waals surface area contributed by atoms with Gasteiger partial charge in [-0.25, -0.2) is 12.7 Å². The lowest BCUT2D eigenvalue weighted by Gasteiger charge is -2.27. The molecule has 0 aromatic heterocycles. The van der Waals surface area contributed by atoms with Crippen LogP contribution in [-0.4, -0.2) is 32.9 Å². The average molecular weight is 296 g/mol. The molecule has 1 N–H and O–H groups in total. The first kappa shape index (κ1) is 15.3. The van der Waals surface area contributed by atoms with E-state index in [9.17, 15) is 8.42 Å². The smallest absolute Gasteiger partial charge is 0.242 e. The predicted molar refractivity (Wildman–Crippen MR) is 82.4 cm³/mol. The van der Waals surface area contributed by atoms with Gasteiger partial charge in [0.1, 0.15) is 0 Å². The lowest BCUT2D eigenvalue weighted by atomic mass is 9.87. The molecule has 0 bridgehead atoms. The van der Waals surface area contributed by atoms with Crippen LogP contribution in [0.15, 0.2) is 29.2 Å². The largest absolute Gasteiger partial charge is 0.382 e. The van der Waals surface area contributed by atoms with Crippen LogP contribution in [0.1, 0.15) is 32.6 Å². The zero-order valence-corrected chi connectivity index (χ0v) is 13.3. The minimum absolute atomic E-state index is 0.338. The minimum Gasteiger partial charge on any atom is -0.382 e. The Balaban J connectivity index is 2.02. The van der Waals surface area contributed by atoms with Gasteiger partial charge < -0.3 is 5.32 Å². The molecule has 4 nitrogen and oxygen atoms in total. The maximum Gasteiger partial charge on any atom is 0.242 e. The van der Waals surface area contributed by atoms with E-state index in [2.05, 4.69) is 12.2 Å². The summed E-state index contributed by atoms with van der Waals surface area (Å²) in [6, 6.07) is 7.57. The second kappa shape index (κ2) is 6.14. The van der Waals surface area contributed by atoms with Crippen molar-refractivity contribution >= 4 is 15.7 Å². The Labute approximate surface area is 122 Å². The van der Waals surface area contributed by atoms with Gasteiger partial charge in [-0.1, -0.05) is 6.92 Å². The summed E-state index contributed by atoms with van der Waals surface area (Å²) in [6.07, 6.45) is 4.92. The van der Waals surface area contributed by atoms with Crippen molar-refractivity contribution in [2.24, 2.45) is 5.92 Å². The lowest BCUT2D eigenvalue weighted by Crippen LogP contribution is -2.25. The van der Waals surface area contributed by atoms with Crippen molar-refractivity contribution in [3.05, 3.63) is 24.3 Å². The molecule has 0 spiro atoms. The zero-order valence-electron chi connectivity index (χ0n) is 12.5. The minimum atomic E-state index is -3.33. The molecule has 1 saturated carbocycles. The number of hydrogen-bond acceptors (Lipinski definition) is 3. The van der Waals surface area contributed by atoms with Crippen LogP contribution in [0.2, 0.25) is 0 Å². The van der Waals surface area contributed by atoms with Crippen molar-refractivity contribution < 1.29 is 8.42 Å². The monoisotopic (exact) mass is 296 g/mol. The Bertz CT molecular complexity index is 529. The van der Waals surface area contributed by atoms with Gasteiger partial charge in [0.2, 0.25) is 10.0 Å². The molecule has 0 atom stereocenters. The molecule has 0 unspecified atom stereocenters. The Morgan fingerprint density at radius 3 is 2.10 bits per heavy atom. The van der Waals surface area contributed by atoms with Gasteiger partial charge in [-0.05, 0) is 55.9 Å². The van der Waals surface area contributed by atoms with Crippen molar-refractivity contribution in [2.45, 2.75) is 43.5 Å². The highest BCUT2D eigenvalue weighted by Gasteiger charge is 2.19. The highest BCUT2D eigenvalue weighted by Crippen LogP contribution is 2.26. The molecule has 0 saturated heterocycles. The third-order valence-electron chi connectivity index (χ3n) is 4.02. The zero-order chi connectivity index (χ0) is 14.8. The van der Waals surface area contributed by atoms with Crippen LogP contribution in [0.25, 0.3) is 0 Å². The fourth-order valence-corrected chi connectivity index (χ4v) is 3.48. The van der Waals surface area contributed by atoms with Gasteiger partial charge in [0.25, 0.3) is 0 Å². The van der Waals surface area contributed by atoms with E-state index >= 15 is 0 Å². The molecule has 20 heavy (non-hydrogen) atoms. The molecule has 1 aromatic carbocycles. The Kier molecular flexibility index (Phi) is 4.70. The Morgan fingerprint density at radius 2 is 1.60 bits per heavy atom. The number of nitrogens with one attached hydrogen (secondary N) is 1. The number of sulfonamides is 1. The third kappa shape index (κ3) is 3.52. The number of rotatable bonds is 4. The van der Waals surface area contributed by atoms with E-state index in [4.69, 9.17) is 0 Å². The van der Waals surface area contributed by atoms with E-state index in [-0.39, 0.29) is 0 Å². The molecule has 0 amide bonds. The maximum atomic E-state index is 12.0. The van der Waals surface area contributed by atoms with Gasteiger partial charge in [-0.2, -0.15) is 0 Å². The fourth-order valence-electron chi connectivity index (χ4n) is 2.57. The summed E-state index contributed by atoms with van der Waals surface area (Å²) < 4.78 is 25.2. The summed E-state index contributed by atoms with van der Waals surface area (Å²) in [5.74, 6) is 0.834. The highest BCUT2D eigenvalue weighted by molar-refractivity contribution is 7.89. The summed E-state index contributed by atoms with van der Waals surface area (Å²) in [5, 5.41) is 3.50. The highest BCUT2D eigenvalue weighted by atomic mass is 32.2. The molecule has 1 aromatic rings. The second-order valence-electron chi connectivity index (χ2n) is 5.91. The first-order valence-corrected chi connectivity index (χ1v) is 8.62. The van der Waals surface area contributed by atoms with E-state index in [0.29, 0.717) is 10.9 Å². The SMILES string of the molecule is CC1CCC(Nc2ccc(S(=O)(=O)N(C)C)cc2)CC1. The second-order valence-corrected chi connectivity index (χ2v) is 8.06. The standard InChI is InChI=1S/C15H24N2O2S/c1-12-4-6-13(7-5-12)16-14-8-10-15(11-9-14)20(18,19)17(2)3/h8-13,16H,4-7H2,1-3H3. The first-order chi connectivity index (χ1) is 9.39. The molecule has 112 valence electrons. The lowest BCUT2D eigenvalue weighted by molar-refractivity contribution is 0.361. The molecule has 0 aliphatic heterocycles. The Hall–Kier alpha value is -1.07. The van der Waals surface area contributed by atoms with Gasteiger partial charge in [-0.15, -0.1) is 0 Å². The first-order valence-electron chi connectivity index (χ1n) is 7.18. The van der Waals surface area contributed by atoms with Crippen molar-refractivity contribution in [3.8, 4) is 0 Å². The molecule has 1 fully saturated rings. The quantitative estimate of drug-likeness (QED) is 0.929. The van der Waals surface area contributed by atoms with Crippen molar-refractivity contribution in [2.75, 3.05) is 19.4 Å². The van der Waals surface area contributed by atoms with Gasteiger partial charge >= 0.3 is 0 Å². The molecular formula is C15H24N2O2S. The fraction of sp³-hybridized carbons (Fsp3) is 0.600. The van der Waals surface area contributed by atoms with Crippen molar-refractivity contribution in [3.63, 3.8) is 0 Å². The van der Waals surface area contributed by atoms with Crippen molar-refractivity contribution in [1.82, 2.24) is 4.31 Å². The van der Waals surface area contributed by atoms with E-state index in [1.54, 1.807) is 26.2 Å². The van der Waals surface area contributed by atoms with E-state index in [1.807, 2.05) is 12.1 Å². The number of hydrogen-bond donors (Lipinski definition) is 1. The predicted octanol–water partition coefficient (Wildman–Crippen LogP) is 2.93. The summed E-state index contributed by atoms with van der Waals surface area (Å²) in [6.45, 7) is 2.30. The normalized spacial score (nSPS) is 23.8. The number of benzene rings is 1. The van der Waals surface area contributed by atoms with Crippen LogP contribution >= 0.6 is 0 Å². The summed E-state index contributed by atoms with van der Waals surface area (Å²) >= 11 is 0. The summed E-state index contributed by atoms with van der Waals surface area (Å²) in [4.78, 5) is 0.338. The topological polar surface area (TPSA) is 49.4 Å². The summed E-state index contributed by atoms with van der Waals surface area (Å²) in [7, 11) is -0.236. The molecule has 1 aliphatic rings. The van der Waals surface area contributed by atoms with Crippen LogP contribution in [0, 0.1) is 5.92 Å². The molecule has 1 aliphatic carbocycles. The van der Waals surface area contributed by atoms with Gasteiger partial charge in [0, 0.05) is 25.8 Å². The summed E-state index contributed by atoms with van der Waals surface area (Å²) in [5.41, 5.74) is 1.00. The number of nitrogens with zero attached hydrogens (tertiary/aromatic N) is 1. The van der Waals surface area contributed by atoms with Crippen LogP contribution in [0.3, 0.4) is 0 Å². The number of anilines is 1. The van der Waals surface area contributed by atoms with Gasteiger partial charge in [0.05, 0.1) is 4.90 Å². The maximum absolute atomic E-state index is 12.0. The molecule has 2 rings (SSSR count). The molecule has 0 radical (unpaired) electrons. The van der Waals surface area contributed by atoms with E-state index in [1.165, 1.54) is 30.0 Å². The van der Waals surface area contributed by atoms with E-state index < -0.39 is 10.0 Å². The van der Waals surface area contributed by atoms with Crippen LogP contribution in [-0.2, 0) is 10.0 Å². The Morgan fingerprint density at radius 1 is 1.05 bits per heavy atom. The van der Waals surface area contributed by atoms with Gasteiger partial charge in [-0.3, -0.25) is 0 Å². The molecule has 5 heteroatoms. The third-order valence-corrected chi connectivity index (χ3v) is 5.85.